The molecule has 2 aliphatic heterocycles. The molecule has 2 aliphatic rings. The summed E-state index contributed by atoms with van der Waals surface area (Å²) < 4.78 is 6.36. The van der Waals surface area contributed by atoms with Crippen LogP contribution in [0.1, 0.15) is 36.8 Å². The summed E-state index contributed by atoms with van der Waals surface area (Å²) in [6.07, 6.45) is 12.0. The number of ether oxygens (including phenoxy) is 1. The Balaban J connectivity index is 1.37. The van der Waals surface area contributed by atoms with Crippen LogP contribution in [0, 0.1) is 0 Å². The molecule has 26 heavy (non-hydrogen) atoms. The highest BCUT2D eigenvalue weighted by molar-refractivity contribution is 5.76. The van der Waals surface area contributed by atoms with Crippen LogP contribution in [0.4, 0.5) is 0 Å². The standard InChI is InChI=1S/C22H24N2O2/c25-21(9-8-18-5-3-14-23-17-18)24-15-4-11-22(13-16-24)12-10-19-6-1-2-7-20(19)26-22/h1-3,5-7,10,12,14,17H,4,8-9,11,13,15-16H2/t22-/m1/s1. The van der Waals surface area contributed by atoms with Gasteiger partial charge in [0.15, 0.2) is 0 Å². The lowest BCUT2D eigenvalue weighted by molar-refractivity contribution is -0.131. The minimum Gasteiger partial charge on any atom is -0.483 e. The fourth-order valence-corrected chi connectivity index (χ4v) is 3.81. The van der Waals surface area contributed by atoms with E-state index in [1.54, 1.807) is 6.20 Å². The van der Waals surface area contributed by atoms with Crippen LogP contribution >= 0.6 is 0 Å². The van der Waals surface area contributed by atoms with Crippen molar-refractivity contribution in [3.63, 3.8) is 0 Å². The van der Waals surface area contributed by atoms with Crippen LogP contribution in [0.15, 0.2) is 54.9 Å². The first-order valence-electron chi connectivity index (χ1n) is 9.38. The first kappa shape index (κ1) is 16.8. The number of pyridine rings is 1. The van der Waals surface area contributed by atoms with Crippen LogP contribution in [0.3, 0.4) is 0 Å². The van der Waals surface area contributed by atoms with Crippen molar-refractivity contribution < 1.29 is 9.53 Å². The number of amides is 1. The van der Waals surface area contributed by atoms with E-state index < -0.39 is 0 Å². The molecule has 0 aliphatic carbocycles. The van der Waals surface area contributed by atoms with Crippen molar-refractivity contribution in [1.82, 2.24) is 9.88 Å². The Morgan fingerprint density at radius 3 is 2.96 bits per heavy atom. The summed E-state index contributed by atoms with van der Waals surface area (Å²) in [6.45, 7) is 1.56. The first-order chi connectivity index (χ1) is 12.7. The maximum absolute atomic E-state index is 12.6. The van der Waals surface area contributed by atoms with Gasteiger partial charge in [-0.1, -0.05) is 30.3 Å². The highest BCUT2D eigenvalue weighted by Gasteiger charge is 2.35. The SMILES string of the molecule is O=C(CCc1cccnc1)N1CCC[C@@]2(C=Cc3ccccc3O2)CC1. The molecule has 1 amide bonds. The molecule has 0 N–H and O–H groups in total. The Kier molecular flexibility index (Phi) is 4.74. The third-order valence-corrected chi connectivity index (χ3v) is 5.33. The summed E-state index contributed by atoms with van der Waals surface area (Å²) in [5.41, 5.74) is 1.97. The Bertz CT molecular complexity index is 803. The van der Waals surface area contributed by atoms with Gasteiger partial charge >= 0.3 is 0 Å². The molecule has 3 heterocycles. The molecule has 1 aromatic heterocycles. The van der Waals surface area contributed by atoms with E-state index in [9.17, 15) is 4.79 Å². The molecule has 4 rings (SSSR count). The summed E-state index contributed by atoms with van der Waals surface area (Å²) in [4.78, 5) is 18.8. The number of carbonyl (C=O) groups excluding carboxylic acids is 1. The molecule has 2 aromatic rings. The monoisotopic (exact) mass is 348 g/mol. The Morgan fingerprint density at radius 2 is 2.08 bits per heavy atom. The number of hydrogen-bond acceptors (Lipinski definition) is 3. The largest absolute Gasteiger partial charge is 0.483 e. The van der Waals surface area contributed by atoms with Crippen molar-refractivity contribution in [2.24, 2.45) is 0 Å². The highest BCUT2D eigenvalue weighted by Crippen LogP contribution is 2.36. The molecule has 4 nitrogen and oxygen atoms in total. The Labute approximate surface area is 154 Å². The van der Waals surface area contributed by atoms with Crippen LogP contribution in [0.5, 0.6) is 5.75 Å². The number of aromatic nitrogens is 1. The van der Waals surface area contributed by atoms with Crippen LogP contribution in [-0.2, 0) is 11.2 Å². The van der Waals surface area contributed by atoms with Gasteiger partial charge in [0.25, 0.3) is 0 Å². The second-order valence-corrected chi connectivity index (χ2v) is 7.13. The summed E-state index contributed by atoms with van der Waals surface area (Å²) in [7, 11) is 0. The molecule has 0 bridgehead atoms. The molecule has 1 atom stereocenters. The number of aryl methyl sites for hydroxylation is 1. The summed E-state index contributed by atoms with van der Waals surface area (Å²) >= 11 is 0. The van der Waals surface area contributed by atoms with Gasteiger partial charge in [-0.25, -0.2) is 0 Å². The Hall–Kier alpha value is -2.62. The van der Waals surface area contributed by atoms with Gasteiger partial charge in [0.1, 0.15) is 11.4 Å². The predicted molar refractivity (Wildman–Crippen MR) is 102 cm³/mol. The van der Waals surface area contributed by atoms with Crippen molar-refractivity contribution in [2.75, 3.05) is 13.1 Å². The number of hydrogen-bond donors (Lipinski definition) is 0. The lowest BCUT2D eigenvalue weighted by Crippen LogP contribution is -2.38. The fourth-order valence-electron chi connectivity index (χ4n) is 3.81. The minimum atomic E-state index is -0.271. The van der Waals surface area contributed by atoms with Gasteiger partial charge < -0.3 is 9.64 Å². The number of nitrogens with zero attached hydrogens (tertiary/aromatic N) is 2. The molecule has 0 saturated carbocycles. The number of likely N-dealkylation sites (tertiary alicyclic amines) is 1. The number of fused-ring (bicyclic) bond motifs is 1. The lowest BCUT2D eigenvalue weighted by atomic mass is 9.91. The zero-order chi connectivity index (χ0) is 17.8. The second kappa shape index (κ2) is 7.32. The summed E-state index contributed by atoms with van der Waals surface area (Å²) in [5.74, 6) is 1.18. The van der Waals surface area contributed by atoms with E-state index in [0.29, 0.717) is 6.42 Å². The molecule has 1 saturated heterocycles. The third kappa shape index (κ3) is 3.64. The Morgan fingerprint density at radius 1 is 1.15 bits per heavy atom. The number of carbonyl (C=O) groups is 1. The van der Waals surface area contributed by atoms with Crippen molar-refractivity contribution in [2.45, 2.75) is 37.7 Å². The zero-order valence-corrected chi connectivity index (χ0v) is 14.9. The van der Waals surface area contributed by atoms with Crippen LogP contribution in [0.25, 0.3) is 6.08 Å². The molecule has 1 fully saturated rings. The van der Waals surface area contributed by atoms with Gasteiger partial charge in [0.2, 0.25) is 5.91 Å². The molecule has 0 radical (unpaired) electrons. The average molecular weight is 348 g/mol. The van der Waals surface area contributed by atoms with Crippen LogP contribution in [-0.4, -0.2) is 34.5 Å². The minimum absolute atomic E-state index is 0.228. The van der Waals surface area contributed by atoms with E-state index in [4.69, 9.17) is 4.74 Å². The number of rotatable bonds is 3. The van der Waals surface area contributed by atoms with Gasteiger partial charge in [-0.05, 0) is 43.0 Å². The average Bonchev–Trinajstić information content (AvgIpc) is 2.89. The van der Waals surface area contributed by atoms with Gasteiger partial charge in [-0.3, -0.25) is 9.78 Å². The normalized spacial score (nSPS) is 21.8. The molecular weight excluding hydrogens is 324 g/mol. The second-order valence-electron chi connectivity index (χ2n) is 7.13. The van der Waals surface area contributed by atoms with Gasteiger partial charge in [0.05, 0.1) is 0 Å². The van der Waals surface area contributed by atoms with Gasteiger partial charge in [-0.15, -0.1) is 0 Å². The predicted octanol–water partition coefficient (Wildman–Crippen LogP) is 3.87. The van der Waals surface area contributed by atoms with E-state index in [0.717, 1.165) is 55.6 Å². The van der Waals surface area contributed by atoms with Gasteiger partial charge in [-0.2, -0.15) is 0 Å². The molecule has 0 unspecified atom stereocenters. The van der Waals surface area contributed by atoms with E-state index in [-0.39, 0.29) is 11.5 Å². The molecule has 134 valence electrons. The quantitative estimate of drug-likeness (QED) is 0.845. The van der Waals surface area contributed by atoms with Crippen LogP contribution in [0.2, 0.25) is 0 Å². The van der Waals surface area contributed by atoms with Crippen molar-refractivity contribution in [3.05, 3.63) is 66.0 Å². The van der Waals surface area contributed by atoms with E-state index >= 15 is 0 Å². The molecule has 1 spiro atoms. The van der Waals surface area contributed by atoms with Crippen molar-refractivity contribution in [1.29, 1.82) is 0 Å². The third-order valence-electron chi connectivity index (χ3n) is 5.33. The summed E-state index contributed by atoms with van der Waals surface area (Å²) in [5, 5.41) is 0. The number of benzene rings is 1. The molecular formula is C22H24N2O2. The van der Waals surface area contributed by atoms with Crippen molar-refractivity contribution in [3.8, 4) is 5.75 Å². The fraction of sp³-hybridized carbons (Fsp3) is 0.364. The van der Waals surface area contributed by atoms with E-state index in [1.807, 2.05) is 41.4 Å². The maximum atomic E-state index is 12.6. The molecule has 1 aromatic carbocycles. The van der Waals surface area contributed by atoms with E-state index in [2.05, 4.69) is 23.2 Å². The topological polar surface area (TPSA) is 42.4 Å². The number of para-hydroxylation sites is 1. The lowest BCUT2D eigenvalue weighted by Gasteiger charge is -2.34. The smallest absolute Gasteiger partial charge is 0.222 e. The first-order valence-corrected chi connectivity index (χ1v) is 9.38. The summed E-state index contributed by atoms with van der Waals surface area (Å²) in [6, 6.07) is 12.1. The van der Waals surface area contributed by atoms with Crippen LogP contribution < -0.4 is 4.74 Å². The van der Waals surface area contributed by atoms with Gasteiger partial charge in [0, 0.05) is 43.9 Å². The van der Waals surface area contributed by atoms with E-state index in [1.165, 1.54) is 0 Å². The molecule has 4 heteroatoms. The maximum Gasteiger partial charge on any atom is 0.222 e. The zero-order valence-electron chi connectivity index (χ0n) is 14.9. The van der Waals surface area contributed by atoms with Crippen molar-refractivity contribution >= 4 is 12.0 Å². The highest BCUT2D eigenvalue weighted by atomic mass is 16.5.